The maximum Gasteiger partial charge on any atom is 0.403 e. The van der Waals surface area contributed by atoms with E-state index < -0.39 is 12.2 Å². The molecule has 0 radical (unpaired) electrons. The molecular formula is C17H25F3N4. The van der Waals surface area contributed by atoms with E-state index in [1.807, 2.05) is 42.2 Å². The molecule has 1 aliphatic heterocycles. The van der Waals surface area contributed by atoms with Crippen molar-refractivity contribution >= 4 is 5.96 Å². The van der Waals surface area contributed by atoms with Crippen LogP contribution >= 0.6 is 0 Å². The van der Waals surface area contributed by atoms with Gasteiger partial charge in [-0.25, -0.2) is 4.99 Å². The molecule has 134 valence electrons. The molecule has 0 saturated carbocycles. The Bertz CT molecular complexity index is 522. The van der Waals surface area contributed by atoms with E-state index >= 15 is 0 Å². The van der Waals surface area contributed by atoms with Gasteiger partial charge in [-0.3, -0.25) is 4.90 Å². The van der Waals surface area contributed by atoms with Gasteiger partial charge in [0.15, 0.2) is 5.96 Å². The average molecular weight is 342 g/mol. The van der Waals surface area contributed by atoms with Crippen molar-refractivity contribution in [2.45, 2.75) is 32.6 Å². The van der Waals surface area contributed by atoms with Gasteiger partial charge in [-0.05, 0) is 19.4 Å². The van der Waals surface area contributed by atoms with Crippen molar-refractivity contribution in [3.63, 3.8) is 0 Å². The molecule has 1 aliphatic rings. The number of halogens is 3. The standard InChI is InChI=1S/C17H25F3N4/c1-3-21-16(22-13-15-7-5-4-6-8-15)24-11-9-23(10-12-24)14(2)17(18,19)20/h4-8,14H,3,9-13H2,1-2H3,(H,21,22). The predicted octanol–water partition coefficient (Wildman–Crippen LogP) is 2.72. The molecule has 1 heterocycles. The van der Waals surface area contributed by atoms with E-state index in [0.29, 0.717) is 32.7 Å². The van der Waals surface area contributed by atoms with Gasteiger partial charge in [0.25, 0.3) is 0 Å². The second-order valence-corrected chi connectivity index (χ2v) is 5.90. The summed E-state index contributed by atoms with van der Waals surface area (Å²) in [7, 11) is 0. The molecule has 1 unspecified atom stereocenters. The Balaban J connectivity index is 1.95. The van der Waals surface area contributed by atoms with Gasteiger partial charge in [-0.1, -0.05) is 30.3 Å². The molecule has 2 rings (SSSR count). The molecule has 1 aromatic rings. The van der Waals surface area contributed by atoms with E-state index in [2.05, 4.69) is 10.3 Å². The van der Waals surface area contributed by atoms with E-state index in [9.17, 15) is 13.2 Å². The van der Waals surface area contributed by atoms with E-state index in [4.69, 9.17) is 0 Å². The fraction of sp³-hybridized carbons (Fsp3) is 0.588. The van der Waals surface area contributed by atoms with Crippen LogP contribution in [-0.4, -0.2) is 60.7 Å². The van der Waals surface area contributed by atoms with Crippen LogP contribution in [-0.2, 0) is 6.54 Å². The van der Waals surface area contributed by atoms with Crippen LogP contribution in [0.15, 0.2) is 35.3 Å². The SMILES string of the molecule is CCNC(=NCc1ccccc1)N1CCN(C(C)C(F)(F)F)CC1. The maximum atomic E-state index is 12.8. The van der Waals surface area contributed by atoms with Gasteiger partial charge in [0, 0.05) is 32.7 Å². The first kappa shape index (κ1) is 18.6. The van der Waals surface area contributed by atoms with Crippen LogP contribution in [0.25, 0.3) is 0 Å². The second-order valence-electron chi connectivity index (χ2n) is 5.90. The minimum atomic E-state index is -4.17. The smallest absolute Gasteiger partial charge is 0.357 e. The highest BCUT2D eigenvalue weighted by Gasteiger charge is 2.41. The lowest BCUT2D eigenvalue weighted by Crippen LogP contribution is -2.56. The summed E-state index contributed by atoms with van der Waals surface area (Å²) >= 11 is 0. The second kappa shape index (κ2) is 8.37. The number of benzene rings is 1. The largest absolute Gasteiger partial charge is 0.403 e. The minimum absolute atomic E-state index is 0.385. The summed E-state index contributed by atoms with van der Waals surface area (Å²) in [5.41, 5.74) is 1.11. The third kappa shape index (κ3) is 5.12. The third-order valence-electron chi connectivity index (χ3n) is 4.22. The van der Waals surface area contributed by atoms with Gasteiger partial charge in [0.05, 0.1) is 6.54 Å². The number of alkyl halides is 3. The summed E-state index contributed by atoms with van der Waals surface area (Å²) in [6, 6.07) is 8.51. The third-order valence-corrected chi connectivity index (χ3v) is 4.22. The quantitative estimate of drug-likeness (QED) is 0.674. The van der Waals surface area contributed by atoms with Crippen molar-refractivity contribution < 1.29 is 13.2 Å². The number of piperazine rings is 1. The Hall–Kier alpha value is -1.76. The summed E-state index contributed by atoms with van der Waals surface area (Å²) in [4.78, 5) is 8.13. The maximum absolute atomic E-state index is 12.8. The van der Waals surface area contributed by atoms with Crippen molar-refractivity contribution in [3.8, 4) is 0 Å². The van der Waals surface area contributed by atoms with Crippen LogP contribution < -0.4 is 5.32 Å². The van der Waals surface area contributed by atoms with Crippen LogP contribution in [0.4, 0.5) is 13.2 Å². The topological polar surface area (TPSA) is 30.9 Å². The molecule has 1 fully saturated rings. The van der Waals surface area contributed by atoms with E-state index in [1.54, 1.807) is 0 Å². The molecule has 0 bridgehead atoms. The number of aliphatic imine (C=N–C) groups is 1. The molecule has 0 aromatic heterocycles. The summed E-state index contributed by atoms with van der Waals surface area (Å²) in [6.45, 7) is 6.36. The first-order valence-corrected chi connectivity index (χ1v) is 8.29. The van der Waals surface area contributed by atoms with Crippen LogP contribution in [0.2, 0.25) is 0 Å². The summed E-state index contributed by atoms with van der Waals surface area (Å²) in [6.07, 6.45) is -4.17. The molecule has 4 nitrogen and oxygen atoms in total. The normalized spacial score (nSPS) is 18.5. The molecule has 24 heavy (non-hydrogen) atoms. The van der Waals surface area contributed by atoms with Crippen LogP contribution in [0.5, 0.6) is 0 Å². The first-order chi connectivity index (χ1) is 11.4. The Morgan fingerprint density at radius 1 is 1.17 bits per heavy atom. The van der Waals surface area contributed by atoms with Crippen molar-refractivity contribution in [2.24, 2.45) is 4.99 Å². The Morgan fingerprint density at radius 2 is 1.79 bits per heavy atom. The molecular weight excluding hydrogens is 317 g/mol. The Morgan fingerprint density at radius 3 is 2.33 bits per heavy atom. The molecule has 0 aliphatic carbocycles. The van der Waals surface area contributed by atoms with Crippen molar-refractivity contribution in [1.29, 1.82) is 0 Å². The zero-order valence-corrected chi connectivity index (χ0v) is 14.2. The van der Waals surface area contributed by atoms with Crippen molar-refractivity contribution in [3.05, 3.63) is 35.9 Å². The van der Waals surface area contributed by atoms with Gasteiger partial charge in [-0.15, -0.1) is 0 Å². The fourth-order valence-corrected chi connectivity index (χ4v) is 2.70. The first-order valence-electron chi connectivity index (χ1n) is 8.29. The zero-order valence-electron chi connectivity index (χ0n) is 14.2. The molecule has 0 spiro atoms. The summed E-state index contributed by atoms with van der Waals surface area (Å²) < 4.78 is 38.5. The predicted molar refractivity (Wildman–Crippen MR) is 89.9 cm³/mol. The van der Waals surface area contributed by atoms with Crippen LogP contribution in [0.3, 0.4) is 0 Å². The van der Waals surface area contributed by atoms with Gasteiger partial charge < -0.3 is 10.2 Å². The summed E-state index contributed by atoms with van der Waals surface area (Å²) in [5, 5.41) is 3.23. The molecule has 0 amide bonds. The number of nitrogens with zero attached hydrogens (tertiary/aromatic N) is 3. The highest BCUT2D eigenvalue weighted by atomic mass is 19.4. The van der Waals surface area contributed by atoms with Gasteiger partial charge >= 0.3 is 6.18 Å². The van der Waals surface area contributed by atoms with Crippen molar-refractivity contribution in [1.82, 2.24) is 15.1 Å². The highest BCUT2D eigenvalue weighted by Crippen LogP contribution is 2.25. The van der Waals surface area contributed by atoms with E-state index in [-0.39, 0.29) is 0 Å². The summed E-state index contributed by atoms with van der Waals surface area (Å²) in [5.74, 6) is 0.765. The lowest BCUT2D eigenvalue weighted by Gasteiger charge is -2.39. The average Bonchev–Trinajstić information content (AvgIpc) is 2.58. The minimum Gasteiger partial charge on any atom is -0.357 e. The molecule has 7 heteroatoms. The zero-order chi connectivity index (χ0) is 17.6. The van der Waals surface area contributed by atoms with E-state index in [1.165, 1.54) is 11.8 Å². The van der Waals surface area contributed by atoms with Gasteiger partial charge in [-0.2, -0.15) is 13.2 Å². The van der Waals surface area contributed by atoms with Crippen LogP contribution in [0, 0.1) is 0 Å². The number of guanidine groups is 1. The fourth-order valence-electron chi connectivity index (χ4n) is 2.70. The lowest BCUT2D eigenvalue weighted by atomic mass is 10.2. The van der Waals surface area contributed by atoms with Gasteiger partial charge in [0.2, 0.25) is 0 Å². The number of hydrogen-bond donors (Lipinski definition) is 1. The number of nitrogens with one attached hydrogen (secondary N) is 1. The van der Waals surface area contributed by atoms with Crippen LogP contribution in [0.1, 0.15) is 19.4 Å². The number of rotatable bonds is 4. The van der Waals surface area contributed by atoms with Gasteiger partial charge in [0.1, 0.15) is 6.04 Å². The molecule has 1 saturated heterocycles. The Labute approximate surface area is 141 Å². The Kier molecular flexibility index (Phi) is 6.48. The molecule has 1 atom stereocenters. The molecule has 1 aromatic carbocycles. The number of hydrogen-bond acceptors (Lipinski definition) is 2. The highest BCUT2D eigenvalue weighted by molar-refractivity contribution is 5.80. The van der Waals surface area contributed by atoms with E-state index in [0.717, 1.165) is 18.1 Å². The van der Waals surface area contributed by atoms with Crippen molar-refractivity contribution in [2.75, 3.05) is 32.7 Å². The molecule has 1 N–H and O–H groups in total. The lowest BCUT2D eigenvalue weighted by molar-refractivity contribution is -0.181. The monoisotopic (exact) mass is 342 g/mol.